The Bertz CT molecular complexity index is 537. The molecule has 0 aromatic carbocycles. The SMILES string of the molecule is CCOCCNC(=O)C(C)(C)CC(C)(C)n1cc(CNC(C)C)nn1. The minimum atomic E-state index is -0.516. The summed E-state index contributed by atoms with van der Waals surface area (Å²) in [5.41, 5.74) is 0.0720. The molecule has 1 heterocycles. The van der Waals surface area contributed by atoms with Gasteiger partial charge in [0.25, 0.3) is 0 Å². The lowest BCUT2D eigenvalue weighted by Gasteiger charge is -2.33. The number of carbonyl (C=O) groups excluding carboxylic acids is 1. The van der Waals surface area contributed by atoms with Crippen molar-refractivity contribution < 1.29 is 9.53 Å². The van der Waals surface area contributed by atoms with E-state index in [2.05, 4.69) is 48.6 Å². The molecule has 0 fully saturated rings. The van der Waals surface area contributed by atoms with Gasteiger partial charge in [0.2, 0.25) is 5.91 Å². The van der Waals surface area contributed by atoms with Crippen LogP contribution in [-0.4, -0.2) is 46.7 Å². The molecule has 0 atom stereocenters. The smallest absolute Gasteiger partial charge is 0.225 e. The highest BCUT2D eigenvalue weighted by atomic mass is 16.5. The van der Waals surface area contributed by atoms with E-state index in [1.807, 2.05) is 31.6 Å². The van der Waals surface area contributed by atoms with E-state index in [1.54, 1.807) is 0 Å². The van der Waals surface area contributed by atoms with Crippen LogP contribution in [0.3, 0.4) is 0 Å². The molecule has 1 rings (SSSR count). The number of hydrogen-bond donors (Lipinski definition) is 2. The topological polar surface area (TPSA) is 81.1 Å². The lowest BCUT2D eigenvalue weighted by molar-refractivity contribution is -0.131. The fourth-order valence-corrected chi connectivity index (χ4v) is 2.85. The molecule has 0 saturated heterocycles. The van der Waals surface area contributed by atoms with Gasteiger partial charge in [0, 0.05) is 31.2 Å². The predicted molar refractivity (Wildman–Crippen MR) is 99.2 cm³/mol. The van der Waals surface area contributed by atoms with Gasteiger partial charge in [-0.25, -0.2) is 4.68 Å². The molecule has 144 valence electrons. The molecule has 7 heteroatoms. The quantitative estimate of drug-likeness (QED) is 0.595. The predicted octanol–water partition coefficient (Wildman–Crippen LogP) is 2.08. The maximum atomic E-state index is 12.5. The molecular formula is C18H35N5O2. The fourth-order valence-electron chi connectivity index (χ4n) is 2.85. The number of carbonyl (C=O) groups is 1. The highest BCUT2D eigenvalue weighted by molar-refractivity contribution is 5.81. The van der Waals surface area contributed by atoms with Gasteiger partial charge in [0.1, 0.15) is 0 Å². The van der Waals surface area contributed by atoms with Crippen molar-refractivity contribution in [2.24, 2.45) is 5.41 Å². The monoisotopic (exact) mass is 353 g/mol. The zero-order chi connectivity index (χ0) is 19.1. The van der Waals surface area contributed by atoms with Crippen LogP contribution in [0, 0.1) is 5.41 Å². The summed E-state index contributed by atoms with van der Waals surface area (Å²) in [4.78, 5) is 12.5. The average Bonchev–Trinajstić information content (AvgIpc) is 2.98. The van der Waals surface area contributed by atoms with Crippen molar-refractivity contribution in [2.75, 3.05) is 19.8 Å². The number of ether oxygens (including phenoxy) is 1. The Kier molecular flexibility index (Phi) is 8.02. The second-order valence-electron chi connectivity index (χ2n) is 8.02. The van der Waals surface area contributed by atoms with Crippen LogP contribution < -0.4 is 10.6 Å². The van der Waals surface area contributed by atoms with E-state index in [4.69, 9.17) is 4.74 Å². The van der Waals surface area contributed by atoms with Gasteiger partial charge < -0.3 is 15.4 Å². The Balaban J connectivity index is 2.66. The molecular weight excluding hydrogens is 318 g/mol. The van der Waals surface area contributed by atoms with Gasteiger partial charge >= 0.3 is 0 Å². The molecule has 0 aliphatic carbocycles. The summed E-state index contributed by atoms with van der Waals surface area (Å²) in [5, 5.41) is 14.8. The van der Waals surface area contributed by atoms with Crippen molar-refractivity contribution in [3.63, 3.8) is 0 Å². The summed E-state index contributed by atoms with van der Waals surface area (Å²) in [6, 6.07) is 0.400. The highest BCUT2D eigenvalue weighted by Gasteiger charge is 2.36. The standard InChI is InChI=1S/C18H35N5O2/c1-8-25-10-9-19-16(24)17(4,5)13-18(6,7)23-12-15(21-22-23)11-20-14(2)3/h12,14,20H,8-11,13H2,1-7H3,(H,19,24). The average molecular weight is 354 g/mol. The third-order valence-electron chi connectivity index (χ3n) is 4.08. The molecule has 0 bridgehead atoms. The first-order chi connectivity index (χ1) is 11.6. The normalized spacial score (nSPS) is 12.6. The van der Waals surface area contributed by atoms with E-state index >= 15 is 0 Å². The fraction of sp³-hybridized carbons (Fsp3) is 0.833. The molecule has 0 unspecified atom stereocenters. The van der Waals surface area contributed by atoms with Crippen molar-refractivity contribution in [3.8, 4) is 0 Å². The van der Waals surface area contributed by atoms with E-state index in [0.717, 1.165) is 5.69 Å². The first-order valence-corrected chi connectivity index (χ1v) is 9.09. The zero-order valence-electron chi connectivity index (χ0n) is 16.8. The molecule has 0 aliphatic rings. The first kappa shape index (κ1) is 21.6. The number of hydrogen-bond acceptors (Lipinski definition) is 5. The zero-order valence-corrected chi connectivity index (χ0v) is 16.8. The van der Waals surface area contributed by atoms with Gasteiger partial charge in [-0.05, 0) is 27.2 Å². The Hall–Kier alpha value is -1.47. The number of nitrogens with one attached hydrogen (secondary N) is 2. The van der Waals surface area contributed by atoms with Crippen LogP contribution in [0.1, 0.15) is 60.6 Å². The number of nitrogens with zero attached hydrogens (tertiary/aromatic N) is 3. The summed E-state index contributed by atoms with van der Waals surface area (Å²) in [7, 11) is 0. The van der Waals surface area contributed by atoms with Crippen LogP contribution in [-0.2, 0) is 21.6 Å². The molecule has 1 aromatic rings. The molecule has 25 heavy (non-hydrogen) atoms. The molecule has 1 amide bonds. The molecule has 1 aromatic heterocycles. The van der Waals surface area contributed by atoms with Gasteiger partial charge in [-0.15, -0.1) is 5.10 Å². The van der Waals surface area contributed by atoms with Crippen molar-refractivity contribution in [1.82, 2.24) is 25.6 Å². The highest BCUT2D eigenvalue weighted by Crippen LogP contribution is 2.32. The maximum absolute atomic E-state index is 12.5. The van der Waals surface area contributed by atoms with Crippen molar-refractivity contribution in [3.05, 3.63) is 11.9 Å². The van der Waals surface area contributed by atoms with Crippen molar-refractivity contribution in [1.29, 1.82) is 0 Å². The van der Waals surface area contributed by atoms with E-state index in [-0.39, 0.29) is 11.4 Å². The van der Waals surface area contributed by atoms with Crippen LogP contribution in [0.15, 0.2) is 6.20 Å². The Morgan fingerprint density at radius 3 is 2.60 bits per heavy atom. The first-order valence-electron chi connectivity index (χ1n) is 9.09. The summed E-state index contributed by atoms with van der Waals surface area (Å²) in [6.45, 7) is 16.6. The summed E-state index contributed by atoms with van der Waals surface area (Å²) < 4.78 is 7.13. The summed E-state index contributed by atoms with van der Waals surface area (Å²) in [5.74, 6) is 0.0297. The van der Waals surface area contributed by atoms with Gasteiger partial charge in [-0.3, -0.25) is 4.79 Å². The largest absolute Gasteiger partial charge is 0.380 e. The second kappa shape index (κ2) is 9.29. The Labute approximate surface area is 151 Å². The van der Waals surface area contributed by atoms with E-state index in [1.165, 1.54) is 0 Å². The maximum Gasteiger partial charge on any atom is 0.225 e. The molecule has 0 saturated carbocycles. The minimum Gasteiger partial charge on any atom is -0.380 e. The van der Waals surface area contributed by atoms with Crippen LogP contribution in [0.5, 0.6) is 0 Å². The van der Waals surface area contributed by atoms with Crippen LogP contribution in [0.2, 0.25) is 0 Å². The molecule has 2 N–H and O–H groups in total. The molecule has 0 radical (unpaired) electrons. The lowest BCUT2D eigenvalue weighted by atomic mass is 9.79. The number of rotatable bonds is 11. The Morgan fingerprint density at radius 2 is 2.00 bits per heavy atom. The summed E-state index contributed by atoms with van der Waals surface area (Å²) >= 11 is 0. The minimum absolute atomic E-state index is 0.0297. The van der Waals surface area contributed by atoms with E-state index in [0.29, 0.717) is 38.8 Å². The van der Waals surface area contributed by atoms with Crippen LogP contribution in [0.4, 0.5) is 0 Å². The van der Waals surface area contributed by atoms with Crippen LogP contribution >= 0.6 is 0 Å². The van der Waals surface area contributed by atoms with Gasteiger partial charge in [-0.2, -0.15) is 0 Å². The molecule has 7 nitrogen and oxygen atoms in total. The number of aromatic nitrogens is 3. The van der Waals surface area contributed by atoms with Crippen molar-refractivity contribution >= 4 is 5.91 Å². The van der Waals surface area contributed by atoms with Gasteiger partial charge in [0.05, 0.1) is 24.0 Å². The molecule has 0 aliphatic heterocycles. The van der Waals surface area contributed by atoms with Gasteiger partial charge in [-0.1, -0.05) is 32.9 Å². The third kappa shape index (κ3) is 7.12. The van der Waals surface area contributed by atoms with Gasteiger partial charge in [0.15, 0.2) is 0 Å². The summed E-state index contributed by atoms with van der Waals surface area (Å²) in [6.07, 6.45) is 2.61. The van der Waals surface area contributed by atoms with Crippen LogP contribution in [0.25, 0.3) is 0 Å². The third-order valence-corrected chi connectivity index (χ3v) is 4.08. The van der Waals surface area contributed by atoms with Crippen molar-refractivity contribution in [2.45, 2.75) is 73.0 Å². The molecule has 0 spiro atoms. The number of amides is 1. The second-order valence-corrected chi connectivity index (χ2v) is 8.02. The van der Waals surface area contributed by atoms with E-state index in [9.17, 15) is 4.79 Å². The Morgan fingerprint density at radius 1 is 1.32 bits per heavy atom. The van der Waals surface area contributed by atoms with E-state index < -0.39 is 5.41 Å². The lowest BCUT2D eigenvalue weighted by Crippen LogP contribution is -2.43.